The van der Waals surface area contributed by atoms with Gasteiger partial charge in [0.15, 0.2) is 24.8 Å². The molecule has 82 heavy (non-hydrogen) atoms. The quantitative estimate of drug-likeness (QED) is 0.0262. The zero-order valence-electron chi connectivity index (χ0n) is 37.5. The summed E-state index contributed by atoms with van der Waals surface area (Å²) in [5, 5.41) is 0. The van der Waals surface area contributed by atoms with Crippen LogP contribution < -0.4 is 0 Å². The molecule has 0 amide bonds. The fourth-order valence-electron chi connectivity index (χ4n) is 6.08. The second-order valence-corrected chi connectivity index (χ2v) is 26.9. The van der Waals surface area contributed by atoms with Gasteiger partial charge in [0.05, 0.1) is 26.4 Å². The summed E-state index contributed by atoms with van der Waals surface area (Å²) in [5.74, 6) is 0. The maximum Gasteiger partial charge on any atom is 0.397 e. The van der Waals surface area contributed by atoms with Gasteiger partial charge in [0.25, 0.3) is 0 Å². The van der Waals surface area contributed by atoms with Gasteiger partial charge in [-0.15, -0.1) is 0 Å². The van der Waals surface area contributed by atoms with Crippen LogP contribution in [0.3, 0.4) is 0 Å². The van der Waals surface area contributed by atoms with Gasteiger partial charge in [-0.3, -0.25) is 54.6 Å². The van der Waals surface area contributed by atoms with Crippen molar-refractivity contribution in [2.75, 3.05) is 26.4 Å². The first-order chi connectivity index (χ1) is 36.1. The summed E-state index contributed by atoms with van der Waals surface area (Å²) < 4.78 is 470. The minimum Gasteiger partial charge on any atom is -0.347 e. The smallest absolute Gasteiger partial charge is 0.347 e. The van der Waals surface area contributed by atoms with E-state index >= 15 is 0 Å². The van der Waals surface area contributed by atoms with Gasteiger partial charge < -0.3 is 18.9 Å². The van der Waals surface area contributed by atoms with Crippen molar-refractivity contribution in [3.63, 3.8) is 0 Å². The normalized spacial score (nSPS) is 27.1. The molecule has 0 aromatic carbocycles. The first kappa shape index (κ1) is 76.4. The van der Waals surface area contributed by atoms with Crippen molar-refractivity contribution in [1.29, 1.82) is 0 Å². The fourth-order valence-corrected chi connectivity index (χ4v) is 11.5. The average molecular weight is 1470 g/mol. The van der Waals surface area contributed by atoms with Gasteiger partial charge in [0.1, 0.15) is 61.0 Å². The van der Waals surface area contributed by atoms with E-state index in [2.05, 4.69) is 50.2 Å². The molecule has 0 bridgehead atoms. The van der Waals surface area contributed by atoms with E-state index in [-0.39, 0.29) is 0 Å². The Bertz CT molecular complexity index is 3630. The van der Waals surface area contributed by atoms with Crippen LogP contribution in [0.4, 0.5) is 0 Å². The first-order valence-electron chi connectivity index (χ1n) is 18.4. The molecule has 490 valence electrons. The van der Waals surface area contributed by atoms with Gasteiger partial charge in [-0.05, 0) is 0 Å². The highest BCUT2D eigenvalue weighted by Gasteiger charge is 2.58. The second-order valence-electron chi connectivity index (χ2n) is 14.2. The molecular weight excluding hydrogens is 1430 g/mol. The lowest BCUT2D eigenvalue weighted by Gasteiger charge is -2.45. The molecule has 0 radical (unpaired) electrons. The second kappa shape index (κ2) is 27.8. The third-order valence-electron chi connectivity index (χ3n) is 8.22. The van der Waals surface area contributed by atoms with Crippen LogP contribution in [0.15, 0.2) is 0 Å². The molecule has 64 heteroatoms. The molecule has 2 aliphatic rings. The van der Waals surface area contributed by atoms with E-state index in [0.29, 0.717) is 0 Å². The van der Waals surface area contributed by atoms with Crippen molar-refractivity contribution in [3.8, 4) is 0 Å². The van der Waals surface area contributed by atoms with Gasteiger partial charge in [-0.2, -0.15) is 101 Å². The summed E-state index contributed by atoms with van der Waals surface area (Å²) in [6.45, 7) is -9.66. The largest absolute Gasteiger partial charge is 0.397 e. The van der Waals surface area contributed by atoms with E-state index < -0.39 is 237 Å². The molecule has 12 N–H and O–H groups in total. The lowest BCUT2D eigenvalue weighted by Crippen LogP contribution is -2.65. The summed E-state index contributed by atoms with van der Waals surface area (Å²) in [6.07, 6.45) is -51.9. The summed E-state index contributed by atoms with van der Waals surface area (Å²) in [5.41, 5.74) is 0. The Morgan fingerprint density at radius 3 is 0.878 bits per heavy atom. The Morgan fingerprint density at radius 1 is 0.293 bits per heavy atom. The molecule has 2 heterocycles. The highest BCUT2D eigenvalue weighted by molar-refractivity contribution is 7.83. The molecule has 0 spiro atoms. The first-order valence-corrected chi connectivity index (χ1v) is 34.8. The molecule has 2 fully saturated rings. The van der Waals surface area contributed by atoms with E-state index in [1.54, 1.807) is 0 Å². The molecule has 0 aliphatic carbocycles. The van der Waals surface area contributed by atoms with Crippen LogP contribution in [0.25, 0.3) is 0 Å². The molecular formula is C18H34O52S12. The van der Waals surface area contributed by atoms with Crippen LogP contribution in [-0.4, -0.2) is 268 Å². The van der Waals surface area contributed by atoms with Gasteiger partial charge in [-0.1, -0.05) is 0 Å². The van der Waals surface area contributed by atoms with Crippen molar-refractivity contribution in [2.45, 2.75) is 85.8 Å². The maximum absolute atomic E-state index is 12.5. The summed E-state index contributed by atoms with van der Waals surface area (Å²) in [6, 6.07) is 0. The van der Waals surface area contributed by atoms with Crippen molar-refractivity contribution in [3.05, 3.63) is 0 Å². The Labute approximate surface area is 459 Å². The van der Waals surface area contributed by atoms with Crippen molar-refractivity contribution < 1.29 is 225 Å². The fraction of sp³-hybridized carbons (Fsp3) is 1.00. The molecule has 14 atom stereocenters. The molecule has 0 aromatic heterocycles. The highest BCUT2D eigenvalue weighted by Crippen LogP contribution is 2.37. The Kier molecular flexibility index (Phi) is 25.9. The van der Waals surface area contributed by atoms with Crippen molar-refractivity contribution in [2.24, 2.45) is 0 Å². The van der Waals surface area contributed by atoms with E-state index in [4.69, 9.17) is 23.5 Å². The maximum atomic E-state index is 12.5. The minimum atomic E-state index is -6.81. The summed E-state index contributed by atoms with van der Waals surface area (Å²) in [4.78, 5) is 0. The SMILES string of the molecule is O=S(=O)(O)OC[C@H]1O[C@@H](OC[C@H](OS(=O)(=O)O)C(O[C@@H]2O[C@H](COS(=O)(=O)O)[C@@H](OS(=O)(=O)O)[C@H](OS(=O)(=O)O)[C@H]2OS(=O)(=O)O)[C@H](OS(=O)(=O)O)[C@@H](COS(=O)(=O)O)OS(=O)(=O)O)[C@H](OS(=O)(=O)O)[C@@H](OS(=O)(=O)O)[C@@H]1OS(=O)(=O)O. The average Bonchev–Trinajstić information content (AvgIpc) is 3.17. The van der Waals surface area contributed by atoms with Gasteiger partial charge in [-0.25, -0.2) is 50.2 Å². The number of ether oxygens (including phenoxy) is 4. The molecule has 0 aromatic rings. The third-order valence-corrected chi connectivity index (χ3v) is 13.8. The van der Waals surface area contributed by atoms with Crippen LogP contribution in [0.1, 0.15) is 0 Å². The van der Waals surface area contributed by atoms with Gasteiger partial charge >= 0.3 is 125 Å². The van der Waals surface area contributed by atoms with Crippen molar-refractivity contribution in [1.82, 2.24) is 0 Å². The molecule has 2 rings (SSSR count). The highest BCUT2D eigenvalue weighted by atomic mass is 32.3. The molecule has 1 unspecified atom stereocenters. The minimum absolute atomic E-state index is 2.14. The Morgan fingerprint density at radius 2 is 0.573 bits per heavy atom. The van der Waals surface area contributed by atoms with E-state index in [1.165, 1.54) is 0 Å². The standard InChI is InChI=1S/C18H34O52S12/c19-71(20,21)56-2-5-10(64-76(34,35)36)13(67-79(43,44)45)15(69-81(49,50)51)17(59-5)55-1-7(62-74(28,29)30)9(12(66-78(40,41)42)8(63-75(31,32)33)4-58-73(25,26)27)61-18-16(70-82(52,53)54)14(68-80(46,47)48)11(65-77(37,38)39)6(60-18)3-57-72(22,23)24/h5-18H,1-4H2,(H,19,20,21)(H,22,23,24)(H,25,26,27)(H,28,29,30)(H,31,32,33)(H,34,35,36)(H,37,38,39)(H,40,41,42)(H,43,44,45)(H,46,47,48)(H,49,50,51)(H,52,53,54)/t5-,6-,7+,8-,9?,10-,11-,12-,13+,14+,15-,16-,17-,18+/m1/s1. The van der Waals surface area contributed by atoms with Crippen LogP contribution in [0, 0.1) is 0 Å². The zero-order valence-corrected chi connectivity index (χ0v) is 47.3. The number of hydrogen-bond donors (Lipinski definition) is 12. The Hall–Kier alpha value is -1.72. The van der Waals surface area contributed by atoms with E-state index in [1.807, 2.05) is 0 Å². The lowest BCUT2D eigenvalue weighted by molar-refractivity contribution is -0.320. The zero-order chi connectivity index (χ0) is 64.2. The summed E-state index contributed by atoms with van der Waals surface area (Å²) in [7, 11) is -77.0. The summed E-state index contributed by atoms with van der Waals surface area (Å²) >= 11 is 0. The van der Waals surface area contributed by atoms with E-state index in [0.717, 1.165) is 0 Å². The monoisotopic (exact) mass is 1470 g/mol. The predicted molar refractivity (Wildman–Crippen MR) is 228 cm³/mol. The topological polar surface area (TPSA) is 800 Å². The molecule has 2 aliphatic heterocycles. The van der Waals surface area contributed by atoms with Crippen LogP contribution in [0.2, 0.25) is 0 Å². The molecule has 2 saturated heterocycles. The van der Waals surface area contributed by atoms with Crippen LogP contribution in [-0.2, 0) is 194 Å². The molecule has 0 saturated carbocycles. The van der Waals surface area contributed by atoms with Crippen LogP contribution >= 0.6 is 0 Å². The lowest BCUT2D eigenvalue weighted by atomic mass is 9.98. The van der Waals surface area contributed by atoms with Crippen molar-refractivity contribution >= 4 is 125 Å². The van der Waals surface area contributed by atoms with E-state index in [9.17, 15) is 151 Å². The predicted octanol–water partition coefficient (Wildman–Crippen LogP) is -10.0. The molecule has 52 nitrogen and oxygen atoms in total. The number of rotatable bonds is 35. The van der Waals surface area contributed by atoms with Crippen LogP contribution in [0.5, 0.6) is 0 Å². The van der Waals surface area contributed by atoms with Gasteiger partial charge in [0.2, 0.25) is 0 Å². The van der Waals surface area contributed by atoms with Gasteiger partial charge in [0, 0.05) is 0 Å². The third kappa shape index (κ3) is 31.3. The number of hydrogen-bond acceptors (Lipinski definition) is 40. The Balaban J connectivity index is 3.42.